The summed E-state index contributed by atoms with van der Waals surface area (Å²) in [6.45, 7) is 9.61. The zero-order chi connectivity index (χ0) is 27.4. The maximum Gasteiger partial charge on any atom is 0.265 e. The van der Waals surface area contributed by atoms with Crippen LogP contribution < -0.4 is 10.2 Å². The largest absolute Gasteiger partial charge is 0.351 e. The molecule has 0 spiro atoms. The molecule has 1 unspecified atom stereocenters. The summed E-state index contributed by atoms with van der Waals surface area (Å²) in [6, 6.07) is 22.5. The van der Waals surface area contributed by atoms with Crippen LogP contribution in [0.25, 0.3) is 6.08 Å². The summed E-state index contributed by atoms with van der Waals surface area (Å²) in [5.74, 6) is -0.0658. The molecule has 2 aliphatic heterocycles. The molecule has 5 nitrogen and oxygen atoms in total. The van der Waals surface area contributed by atoms with Gasteiger partial charge in [0, 0.05) is 29.6 Å². The van der Waals surface area contributed by atoms with Gasteiger partial charge in [-0.25, -0.2) is 0 Å². The van der Waals surface area contributed by atoms with Crippen LogP contribution in [0, 0.1) is 13.8 Å². The van der Waals surface area contributed by atoms with Gasteiger partial charge in [-0.05, 0) is 87.2 Å². The third kappa shape index (κ3) is 6.45. The third-order valence-corrected chi connectivity index (χ3v) is 8.84. The van der Waals surface area contributed by atoms with E-state index < -0.39 is 0 Å². The molecule has 0 radical (unpaired) electrons. The molecule has 2 heterocycles. The molecule has 1 N–H and O–H groups in total. The van der Waals surface area contributed by atoms with Crippen LogP contribution in [0.3, 0.4) is 0 Å². The predicted octanol–water partition coefficient (Wildman–Crippen LogP) is 6.59. The smallest absolute Gasteiger partial charge is 0.265 e. The second kappa shape index (κ2) is 12.2. The van der Waals surface area contributed by atoms with Crippen LogP contribution in [0.1, 0.15) is 58.8 Å². The van der Waals surface area contributed by atoms with Crippen molar-refractivity contribution >= 4 is 35.3 Å². The Kier molecular flexibility index (Phi) is 8.53. The number of nitrogens with zero attached hydrogens (tertiary/aromatic N) is 2. The lowest BCUT2D eigenvalue weighted by atomic mass is 10.0. The summed E-state index contributed by atoms with van der Waals surface area (Å²) < 4.78 is 0. The van der Waals surface area contributed by atoms with Gasteiger partial charge in [-0.2, -0.15) is 0 Å². The molecule has 5 rings (SSSR count). The van der Waals surface area contributed by atoms with Crippen molar-refractivity contribution in [2.45, 2.75) is 57.5 Å². The topological polar surface area (TPSA) is 52.7 Å². The standard InChI is InChI=1S/C33H37N3O2S/c1-23-11-12-24(2)28(20-23)22-36-29-9-4-5-10-30(29)39-31(33(36)38)21-26-13-15-27(16-14-26)32(37)34-17-19-35-18-7-6-8-25(35)3/h4-5,9-16,20-21,25H,6-8,17-19,22H2,1-3H3,(H,34,37). The summed E-state index contributed by atoms with van der Waals surface area (Å²) in [6.07, 6.45) is 5.71. The van der Waals surface area contributed by atoms with Gasteiger partial charge in [-0.1, -0.05) is 66.2 Å². The van der Waals surface area contributed by atoms with Crippen LogP contribution in [0.5, 0.6) is 0 Å². The first-order valence-corrected chi connectivity index (χ1v) is 14.7. The maximum absolute atomic E-state index is 13.7. The number of nitrogens with one attached hydrogen (secondary N) is 1. The molecule has 0 bridgehead atoms. The van der Waals surface area contributed by atoms with Crippen LogP contribution in [0.4, 0.5) is 5.69 Å². The number of carbonyl (C=O) groups is 2. The minimum Gasteiger partial charge on any atom is -0.351 e. The highest BCUT2D eigenvalue weighted by atomic mass is 32.2. The third-order valence-electron chi connectivity index (χ3n) is 7.76. The first-order valence-electron chi connectivity index (χ1n) is 13.9. The normalized spacial score (nSPS) is 18.7. The predicted molar refractivity (Wildman–Crippen MR) is 161 cm³/mol. The summed E-state index contributed by atoms with van der Waals surface area (Å²) >= 11 is 1.50. The fourth-order valence-corrected chi connectivity index (χ4v) is 6.41. The summed E-state index contributed by atoms with van der Waals surface area (Å²) in [5, 5.41) is 3.06. The highest BCUT2D eigenvalue weighted by Crippen LogP contribution is 2.42. The maximum atomic E-state index is 13.7. The number of aryl methyl sites for hydroxylation is 2. The molecule has 1 saturated heterocycles. The van der Waals surface area contributed by atoms with Crippen molar-refractivity contribution in [3.8, 4) is 0 Å². The van der Waals surface area contributed by atoms with E-state index in [1.165, 1.54) is 42.2 Å². The number of rotatable bonds is 7. The SMILES string of the molecule is Cc1ccc(C)c(CN2C(=O)C(=Cc3ccc(C(=O)NCCN4CCCCC4C)cc3)Sc3ccccc32)c1. The van der Waals surface area contributed by atoms with E-state index >= 15 is 0 Å². The van der Waals surface area contributed by atoms with Crippen LogP contribution >= 0.6 is 11.8 Å². The van der Waals surface area contributed by atoms with E-state index in [0.717, 1.165) is 34.8 Å². The second-order valence-electron chi connectivity index (χ2n) is 10.7. The number of hydrogen-bond acceptors (Lipinski definition) is 4. The molecule has 6 heteroatoms. The van der Waals surface area contributed by atoms with Crippen molar-refractivity contribution in [1.82, 2.24) is 10.2 Å². The Morgan fingerprint density at radius 1 is 1.05 bits per heavy atom. The van der Waals surface area contributed by atoms with Gasteiger partial charge in [0.05, 0.1) is 17.1 Å². The van der Waals surface area contributed by atoms with Crippen molar-refractivity contribution in [3.05, 3.63) is 99.5 Å². The van der Waals surface area contributed by atoms with Crippen molar-refractivity contribution < 1.29 is 9.59 Å². The highest BCUT2D eigenvalue weighted by molar-refractivity contribution is 8.04. The fourth-order valence-electron chi connectivity index (χ4n) is 5.35. The molecular weight excluding hydrogens is 502 g/mol. The Labute approximate surface area is 236 Å². The van der Waals surface area contributed by atoms with Crippen molar-refractivity contribution in [2.75, 3.05) is 24.5 Å². The Hall–Kier alpha value is -3.35. The number of fused-ring (bicyclic) bond motifs is 1. The number of carbonyl (C=O) groups excluding carboxylic acids is 2. The van der Waals surface area contributed by atoms with E-state index in [2.05, 4.69) is 55.3 Å². The van der Waals surface area contributed by atoms with E-state index in [-0.39, 0.29) is 11.8 Å². The molecular formula is C33H37N3O2S. The monoisotopic (exact) mass is 539 g/mol. The Bertz CT molecular complexity index is 1380. The fraction of sp³-hybridized carbons (Fsp3) is 0.333. The number of anilines is 1. The number of amides is 2. The Morgan fingerprint density at radius 2 is 1.85 bits per heavy atom. The zero-order valence-corrected chi connectivity index (χ0v) is 23.9. The van der Waals surface area contributed by atoms with Gasteiger partial charge in [-0.15, -0.1) is 0 Å². The van der Waals surface area contributed by atoms with Gasteiger partial charge in [0.25, 0.3) is 11.8 Å². The first-order chi connectivity index (χ1) is 18.9. The van der Waals surface area contributed by atoms with Gasteiger partial charge in [0.1, 0.15) is 0 Å². The lowest BCUT2D eigenvalue weighted by molar-refractivity contribution is -0.114. The van der Waals surface area contributed by atoms with Gasteiger partial charge < -0.3 is 10.2 Å². The van der Waals surface area contributed by atoms with E-state index in [9.17, 15) is 9.59 Å². The van der Waals surface area contributed by atoms with Crippen LogP contribution in [-0.4, -0.2) is 42.4 Å². The van der Waals surface area contributed by atoms with E-state index in [1.54, 1.807) is 0 Å². The highest BCUT2D eigenvalue weighted by Gasteiger charge is 2.29. The number of thioether (sulfide) groups is 1. The quantitative estimate of drug-likeness (QED) is 0.344. The lowest BCUT2D eigenvalue weighted by Crippen LogP contribution is -2.42. The second-order valence-corrected chi connectivity index (χ2v) is 11.7. The molecule has 0 aliphatic carbocycles. The minimum atomic E-state index is -0.0596. The van der Waals surface area contributed by atoms with E-state index in [4.69, 9.17) is 0 Å². The average Bonchev–Trinajstić information content (AvgIpc) is 2.94. The number of hydrogen-bond donors (Lipinski definition) is 1. The van der Waals surface area contributed by atoms with Crippen LogP contribution in [-0.2, 0) is 11.3 Å². The number of piperidine rings is 1. The zero-order valence-electron chi connectivity index (χ0n) is 23.1. The summed E-state index contributed by atoms with van der Waals surface area (Å²) in [4.78, 5) is 32.5. The number of para-hydroxylation sites is 1. The number of benzene rings is 3. The van der Waals surface area contributed by atoms with Crippen molar-refractivity contribution in [3.63, 3.8) is 0 Å². The molecule has 3 aromatic carbocycles. The molecule has 3 aromatic rings. The van der Waals surface area contributed by atoms with Crippen LogP contribution in [0.15, 0.2) is 76.5 Å². The minimum absolute atomic E-state index is 0.00614. The number of likely N-dealkylation sites (tertiary alicyclic amines) is 1. The van der Waals surface area contributed by atoms with Gasteiger partial charge in [-0.3, -0.25) is 14.5 Å². The lowest BCUT2D eigenvalue weighted by Gasteiger charge is -2.33. The molecule has 1 fully saturated rings. The van der Waals surface area contributed by atoms with Gasteiger partial charge >= 0.3 is 0 Å². The summed E-state index contributed by atoms with van der Waals surface area (Å²) in [7, 11) is 0. The first kappa shape index (κ1) is 27.2. The Balaban J connectivity index is 1.29. The molecule has 0 saturated carbocycles. The van der Waals surface area contributed by atoms with Crippen molar-refractivity contribution in [1.29, 1.82) is 0 Å². The van der Waals surface area contributed by atoms with Crippen LogP contribution in [0.2, 0.25) is 0 Å². The molecule has 39 heavy (non-hydrogen) atoms. The molecule has 1 atom stereocenters. The molecule has 2 amide bonds. The van der Waals surface area contributed by atoms with E-state index in [1.807, 2.05) is 53.4 Å². The van der Waals surface area contributed by atoms with Gasteiger partial charge in [0.15, 0.2) is 0 Å². The van der Waals surface area contributed by atoms with Gasteiger partial charge in [0.2, 0.25) is 0 Å². The van der Waals surface area contributed by atoms with Crippen molar-refractivity contribution in [2.24, 2.45) is 0 Å². The average molecular weight is 540 g/mol. The van der Waals surface area contributed by atoms with E-state index in [0.29, 0.717) is 29.6 Å². The summed E-state index contributed by atoms with van der Waals surface area (Å²) in [5.41, 5.74) is 5.98. The Morgan fingerprint density at radius 3 is 2.64 bits per heavy atom. The molecule has 202 valence electrons. The molecule has 2 aliphatic rings. The molecule has 0 aromatic heterocycles.